The molecule has 1 aliphatic heterocycles. The SMILES string of the molecule is CCOc1cc(/C=N\N2C(=O)[C@@H]3[C@H](C2=O)[C@H]2C=C[C@H]3C23CC3)ccc1OCc1ccc([N+](=O)[O-])cc1. The van der Waals surface area contributed by atoms with E-state index >= 15 is 0 Å². The Bertz CT molecular complexity index is 1280. The highest BCUT2D eigenvalue weighted by molar-refractivity contribution is 6.07. The predicted octanol–water partition coefficient (Wildman–Crippen LogP) is 4.10. The van der Waals surface area contributed by atoms with Crippen molar-refractivity contribution in [1.29, 1.82) is 0 Å². The van der Waals surface area contributed by atoms with E-state index in [-0.39, 0.29) is 53.2 Å². The van der Waals surface area contributed by atoms with Crippen molar-refractivity contribution in [2.75, 3.05) is 6.61 Å². The molecule has 2 aromatic carbocycles. The van der Waals surface area contributed by atoms with Gasteiger partial charge < -0.3 is 9.47 Å². The number of hydrogen-bond donors (Lipinski definition) is 0. The molecule has 1 heterocycles. The van der Waals surface area contributed by atoms with E-state index < -0.39 is 4.92 Å². The molecule has 0 unspecified atom stereocenters. The van der Waals surface area contributed by atoms with Crippen molar-refractivity contribution >= 4 is 23.7 Å². The van der Waals surface area contributed by atoms with Crippen LogP contribution in [0.2, 0.25) is 0 Å². The molecule has 2 bridgehead atoms. The number of nitrogens with zero attached hydrogens (tertiary/aromatic N) is 3. The number of ether oxygens (including phenoxy) is 2. The maximum atomic E-state index is 13.1. The third kappa shape index (κ3) is 3.41. The van der Waals surface area contributed by atoms with E-state index in [0.717, 1.165) is 23.4 Å². The number of nitro benzene ring substituents is 1. The van der Waals surface area contributed by atoms with Gasteiger partial charge in [-0.3, -0.25) is 19.7 Å². The van der Waals surface area contributed by atoms with E-state index in [9.17, 15) is 19.7 Å². The molecule has 36 heavy (non-hydrogen) atoms. The van der Waals surface area contributed by atoms with Crippen molar-refractivity contribution in [3.63, 3.8) is 0 Å². The molecule has 2 amide bonds. The minimum Gasteiger partial charge on any atom is -0.490 e. The van der Waals surface area contributed by atoms with Crippen LogP contribution in [-0.4, -0.2) is 34.6 Å². The smallest absolute Gasteiger partial charge is 0.269 e. The molecule has 0 aromatic heterocycles. The molecular weight excluding hydrogens is 462 g/mol. The quantitative estimate of drug-likeness (QED) is 0.182. The topological polar surface area (TPSA) is 111 Å². The van der Waals surface area contributed by atoms with Gasteiger partial charge in [-0.05, 0) is 78.5 Å². The van der Waals surface area contributed by atoms with Crippen molar-refractivity contribution in [2.24, 2.45) is 34.2 Å². The van der Waals surface area contributed by atoms with E-state index in [1.54, 1.807) is 30.3 Å². The lowest BCUT2D eigenvalue weighted by molar-refractivity contribution is -0.384. The van der Waals surface area contributed by atoms with E-state index in [4.69, 9.17) is 9.47 Å². The number of rotatable bonds is 8. The largest absolute Gasteiger partial charge is 0.490 e. The molecule has 3 fully saturated rings. The second-order valence-corrected chi connectivity index (χ2v) is 9.81. The Morgan fingerprint density at radius 1 is 1.03 bits per heavy atom. The Labute approximate surface area is 207 Å². The molecule has 2 aromatic rings. The molecule has 6 rings (SSSR count). The molecule has 9 heteroatoms. The highest BCUT2D eigenvalue weighted by atomic mass is 16.6. The minimum atomic E-state index is -0.446. The van der Waals surface area contributed by atoms with Gasteiger partial charge in [0.15, 0.2) is 11.5 Å². The first-order valence-electron chi connectivity index (χ1n) is 12.2. The molecule has 3 aliphatic carbocycles. The molecule has 184 valence electrons. The van der Waals surface area contributed by atoms with Crippen molar-refractivity contribution in [3.8, 4) is 11.5 Å². The summed E-state index contributed by atoms with van der Waals surface area (Å²) in [6.45, 7) is 2.48. The van der Waals surface area contributed by atoms with Crippen LogP contribution in [0.25, 0.3) is 0 Å². The van der Waals surface area contributed by atoms with Crippen LogP contribution in [0.15, 0.2) is 59.7 Å². The van der Waals surface area contributed by atoms with Gasteiger partial charge in [-0.1, -0.05) is 12.2 Å². The fourth-order valence-electron chi connectivity index (χ4n) is 6.17. The van der Waals surface area contributed by atoms with Gasteiger partial charge in [0.25, 0.3) is 17.5 Å². The average Bonchev–Trinajstić information content (AvgIpc) is 3.48. The average molecular weight is 488 g/mol. The second-order valence-electron chi connectivity index (χ2n) is 9.81. The summed E-state index contributed by atoms with van der Waals surface area (Å²) < 4.78 is 11.6. The number of nitro groups is 1. The number of carbonyl (C=O) groups is 2. The van der Waals surface area contributed by atoms with Crippen LogP contribution in [-0.2, 0) is 16.2 Å². The van der Waals surface area contributed by atoms with Crippen molar-refractivity contribution in [2.45, 2.75) is 26.4 Å². The molecule has 0 N–H and O–H groups in total. The summed E-state index contributed by atoms with van der Waals surface area (Å²) in [6.07, 6.45) is 7.99. The summed E-state index contributed by atoms with van der Waals surface area (Å²) in [4.78, 5) is 36.6. The first-order valence-corrected chi connectivity index (χ1v) is 12.2. The van der Waals surface area contributed by atoms with Gasteiger partial charge in [-0.2, -0.15) is 10.1 Å². The maximum absolute atomic E-state index is 13.1. The summed E-state index contributed by atoms with van der Waals surface area (Å²) in [5.41, 5.74) is 1.62. The van der Waals surface area contributed by atoms with Crippen molar-refractivity contribution < 1.29 is 24.0 Å². The van der Waals surface area contributed by atoms with Crippen LogP contribution in [0, 0.1) is 39.2 Å². The maximum Gasteiger partial charge on any atom is 0.269 e. The van der Waals surface area contributed by atoms with E-state index in [1.807, 2.05) is 6.92 Å². The number of fused-ring (bicyclic) bond motifs is 3. The van der Waals surface area contributed by atoms with E-state index in [2.05, 4.69) is 17.3 Å². The number of allylic oxidation sites excluding steroid dienone is 2. The molecule has 1 spiro atoms. The van der Waals surface area contributed by atoms with Gasteiger partial charge >= 0.3 is 0 Å². The van der Waals surface area contributed by atoms with Gasteiger partial charge in [-0.15, -0.1) is 0 Å². The van der Waals surface area contributed by atoms with Gasteiger partial charge in [0, 0.05) is 12.1 Å². The summed E-state index contributed by atoms with van der Waals surface area (Å²) in [6, 6.07) is 11.4. The molecule has 2 saturated carbocycles. The lowest BCUT2D eigenvalue weighted by Crippen LogP contribution is -2.30. The predicted molar refractivity (Wildman–Crippen MR) is 129 cm³/mol. The minimum absolute atomic E-state index is 0.0203. The highest BCUT2D eigenvalue weighted by Crippen LogP contribution is 2.73. The van der Waals surface area contributed by atoms with Crippen LogP contribution in [0.5, 0.6) is 11.5 Å². The number of hydrazone groups is 1. The number of carbonyl (C=O) groups excluding carboxylic acids is 2. The summed E-state index contributed by atoms with van der Waals surface area (Å²) in [7, 11) is 0. The van der Waals surface area contributed by atoms with Gasteiger partial charge in [-0.25, -0.2) is 0 Å². The number of amides is 2. The first kappa shape index (κ1) is 22.5. The Morgan fingerprint density at radius 3 is 2.28 bits per heavy atom. The Kier molecular flexibility index (Phi) is 5.17. The summed E-state index contributed by atoms with van der Waals surface area (Å²) >= 11 is 0. The summed E-state index contributed by atoms with van der Waals surface area (Å²) in [5.74, 6) is 0.393. The standard InChI is InChI=1S/C27H25N3O6/c1-2-35-22-13-17(5-10-21(22)36-15-16-3-6-18(7-4-16)30(33)34)14-28-29-25(31)23-19-8-9-20(24(23)26(29)32)27(19)11-12-27/h3-10,13-14,19-20,23-24H,2,11-12,15H2,1H3/b28-14-/t19-,20-,23-,24+/m1/s1. The van der Waals surface area contributed by atoms with Gasteiger partial charge in [0.1, 0.15) is 6.61 Å². The van der Waals surface area contributed by atoms with E-state index in [0.29, 0.717) is 23.7 Å². The monoisotopic (exact) mass is 487 g/mol. The first-order chi connectivity index (χ1) is 17.4. The highest BCUT2D eigenvalue weighted by Gasteiger charge is 2.73. The van der Waals surface area contributed by atoms with Crippen LogP contribution in [0.3, 0.4) is 0 Å². The second kappa shape index (κ2) is 8.29. The summed E-state index contributed by atoms with van der Waals surface area (Å²) in [5, 5.41) is 16.2. The Hall–Kier alpha value is -4.01. The van der Waals surface area contributed by atoms with Crippen LogP contribution < -0.4 is 9.47 Å². The van der Waals surface area contributed by atoms with Gasteiger partial charge in [0.2, 0.25) is 0 Å². The normalized spacial score (nSPS) is 26.8. The van der Waals surface area contributed by atoms with Gasteiger partial charge in [0.05, 0.1) is 29.6 Å². The van der Waals surface area contributed by atoms with Crippen LogP contribution in [0.4, 0.5) is 5.69 Å². The Balaban J connectivity index is 1.16. The Morgan fingerprint density at radius 2 is 1.69 bits per heavy atom. The number of benzene rings is 2. The molecule has 9 nitrogen and oxygen atoms in total. The molecule has 4 aliphatic rings. The fraction of sp³-hybridized carbons (Fsp3) is 0.370. The number of non-ortho nitro benzene ring substituents is 1. The third-order valence-corrected chi connectivity index (χ3v) is 7.96. The van der Waals surface area contributed by atoms with Crippen LogP contribution >= 0.6 is 0 Å². The zero-order valence-corrected chi connectivity index (χ0v) is 19.7. The number of hydrogen-bond acceptors (Lipinski definition) is 7. The van der Waals surface area contributed by atoms with E-state index in [1.165, 1.54) is 18.3 Å². The van der Waals surface area contributed by atoms with Crippen molar-refractivity contribution in [1.82, 2.24) is 5.01 Å². The molecule has 1 saturated heterocycles. The molecular formula is C27H25N3O6. The van der Waals surface area contributed by atoms with Crippen LogP contribution in [0.1, 0.15) is 30.9 Å². The zero-order chi connectivity index (χ0) is 25.0. The van der Waals surface area contributed by atoms with Crippen molar-refractivity contribution in [3.05, 3.63) is 75.9 Å². The number of imide groups is 1. The third-order valence-electron chi connectivity index (χ3n) is 7.96. The molecule has 0 radical (unpaired) electrons. The zero-order valence-electron chi connectivity index (χ0n) is 19.7. The fourth-order valence-corrected chi connectivity index (χ4v) is 6.17. The lowest BCUT2D eigenvalue weighted by Gasteiger charge is -2.18. The molecule has 4 atom stereocenters. The lowest BCUT2D eigenvalue weighted by atomic mass is 9.85.